The van der Waals surface area contributed by atoms with Crippen LogP contribution in [0.3, 0.4) is 0 Å². The smallest absolute Gasteiger partial charge is 0.252 e. The Balaban J connectivity index is 1.98. The Morgan fingerprint density at radius 2 is 1.73 bits per heavy atom. The lowest BCUT2D eigenvalue weighted by atomic mass is 9.91. The zero-order chi connectivity index (χ0) is 33.2. The highest BCUT2D eigenvalue weighted by atomic mass is 32.2. The minimum atomic E-state index is -4.11. The second-order valence-electron chi connectivity index (χ2n) is 12.8. The predicted molar refractivity (Wildman–Crippen MR) is 170 cm³/mol. The third kappa shape index (κ3) is 11.0. The Kier molecular flexibility index (Phi) is 13.2. The standard InChI is InChI=1S/C32H48N4O8S/c1-23(2)20-35(45(40,41)25-12-13-28-29(17-25)44-22-43-28)21-27(37)26(16-24-10-8-7-9-11-24)36(31(39)18-32(3,4)5)34-30(38)19-33-14-15-42-6/h7-13,17,23,26-27,33,37H,14-16,18-22H2,1-6H3,(H,34,38)/t26?,27-/m1/s1. The number of sulfonamides is 1. The summed E-state index contributed by atoms with van der Waals surface area (Å²) in [5, 5.41) is 16.0. The van der Waals surface area contributed by atoms with Gasteiger partial charge in [0, 0.05) is 39.2 Å². The highest BCUT2D eigenvalue weighted by molar-refractivity contribution is 7.89. The first-order valence-electron chi connectivity index (χ1n) is 15.1. The van der Waals surface area contributed by atoms with Gasteiger partial charge in [0.05, 0.1) is 30.2 Å². The molecule has 2 aromatic rings. The highest BCUT2D eigenvalue weighted by Gasteiger charge is 2.37. The van der Waals surface area contributed by atoms with Crippen molar-refractivity contribution in [1.29, 1.82) is 0 Å². The molecule has 3 rings (SSSR count). The van der Waals surface area contributed by atoms with E-state index in [4.69, 9.17) is 14.2 Å². The average molecular weight is 649 g/mol. The van der Waals surface area contributed by atoms with Crippen LogP contribution in [0.5, 0.6) is 11.5 Å². The molecular weight excluding hydrogens is 600 g/mol. The number of nitrogens with zero attached hydrogens (tertiary/aromatic N) is 2. The van der Waals surface area contributed by atoms with E-state index in [1.165, 1.54) is 21.4 Å². The second-order valence-corrected chi connectivity index (χ2v) is 14.7. The summed E-state index contributed by atoms with van der Waals surface area (Å²) in [7, 11) is -2.55. The minimum absolute atomic E-state index is 0.000470. The van der Waals surface area contributed by atoms with Gasteiger partial charge in [-0.1, -0.05) is 65.0 Å². The van der Waals surface area contributed by atoms with Crippen LogP contribution in [0.4, 0.5) is 0 Å². The quantitative estimate of drug-likeness (QED) is 0.185. The molecule has 13 heteroatoms. The molecule has 1 aliphatic rings. The van der Waals surface area contributed by atoms with E-state index in [-0.39, 0.29) is 50.1 Å². The van der Waals surface area contributed by atoms with E-state index in [1.807, 2.05) is 65.0 Å². The molecule has 2 atom stereocenters. The fourth-order valence-corrected chi connectivity index (χ4v) is 6.51. The second kappa shape index (κ2) is 16.4. The van der Waals surface area contributed by atoms with Crippen LogP contribution >= 0.6 is 0 Å². The summed E-state index contributed by atoms with van der Waals surface area (Å²) in [6.07, 6.45) is -1.14. The van der Waals surface area contributed by atoms with Crippen LogP contribution in [0, 0.1) is 11.3 Å². The number of nitrogens with one attached hydrogen (secondary N) is 2. The molecule has 3 N–H and O–H groups in total. The van der Waals surface area contributed by atoms with E-state index in [1.54, 1.807) is 13.2 Å². The number of fused-ring (bicyclic) bond motifs is 1. The van der Waals surface area contributed by atoms with Crippen molar-refractivity contribution >= 4 is 21.8 Å². The topological polar surface area (TPSA) is 147 Å². The number of carbonyl (C=O) groups excluding carboxylic acids is 2. The first kappa shape index (κ1) is 36.2. The monoisotopic (exact) mass is 648 g/mol. The van der Waals surface area contributed by atoms with Crippen molar-refractivity contribution < 1.29 is 37.3 Å². The normalized spacial score (nSPS) is 14.4. The summed E-state index contributed by atoms with van der Waals surface area (Å²) in [6, 6.07) is 12.7. The lowest BCUT2D eigenvalue weighted by Gasteiger charge is -2.38. The van der Waals surface area contributed by atoms with Crippen LogP contribution in [0.1, 0.15) is 46.6 Å². The first-order chi connectivity index (χ1) is 21.2. The van der Waals surface area contributed by atoms with Crippen LogP contribution < -0.4 is 20.2 Å². The van der Waals surface area contributed by atoms with Crippen LogP contribution in [0.25, 0.3) is 0 Å². The van der Waals surface area contributed by atoms with Crippen molar-refractivity contribution in [1.82, 2.24) is 20.1 Å². The number of hydrogen-bond acceptors (Lipinski definition) is 9. The van der Waals surface area contributed by atoms with Gasteiger partial charge in [0.2, 0.25) is 22.7 Å². The van der Waals surface area contributed by atoms with Gasteiger partial charge in [0.1, 0.15) is 0 Å². The van der Waals surface area contributed by atoms with Gasteiger partial charge in [-0.15, -0.1) is 0 Å². The largest absolute Gasteiger partial charge is 0.454 e. The molecule has 2 aromatic carbocycles. The maximum atomic E-state index is 14.0. The van der Waals surface area contributed by atoms with Crippen LogP contribution in [-0.2, 0) is 30.8 Å². The van der Waals surface area contributed by atoms with E-state index in [9.17, 15) is 23.1 Å². The van der Waals surface area contributed by atoms with Crippen molar-refractivity contribution in [3.05, 3.63) is 54.1 Å². The van der Waals surface area contributed by atoms with Gasteiger partial charge in [-0.05, 0) is 35.4 Å². The van der Waals surface area contributed by atoms with E-state index in [0.717, 1.165) is 5.56 Å². The number of amides is 2. The molecule has 0 fully saturated rings. The number of aliphatic hydroxyl groups excluding tert-OH is 1. The summed E-state index contributed by atoms with van der Waals surface area (Å²) in [5.74, 6) is -0.186. The molecule has 45 heavy (non-hydrogen) atoms. The van der Waals surface area contributed by atoms with Gasteiger partial charge in [0.15, 0.2) is 11.5 Å². The number of hydrazine groups is 1. The molecule has 0 saturated carbocycles. The first-order valence-corrected chi connectivity index (χ1v) is 16.6. The van der Waals surface area contributed by atoms with E-state index >= 15 is 0 Å². The van der Waals surface area contributed by atoms with Crippen molar-refractivity contribution in [2.24, 2.45) is 11.3 Å². The maximum Gasteiger partial charge on any atom is 0.252 e. The molecule has 0 aliphatic carbocycles. The number of methoxy groups -OCH3 is 1. The molecule has 1 unspecified atom stereocenters. The van der Waals surface area contributed by atoms with Gasteiger partial charge < -0.3 is 24.6 Å². The number of carbonyl (C=O) groups is 2. The molecular formula is C32H48N4O8S. The van der Waals surface area contributed by atoms with Gasteiger partial charge in [0.25, 0.3) is 5.91 Å². The Labute approximate surface area is 267 Å². The molecule has 0 bridgehead atoms. The average Bonchev–Trinajstić information content (AvgIpc) is 3.44. The third-order valence-corrected chi connectivity index (χ3v) is 8.80. The van der Waals surface area contributed by atoms with Crippen molar-refractivity contribution in [3.63, 3.8) is 0 Å². The van der Waals surface area contributed by atoms with E-state index < -0.39 is 39.4 Å². The zero-order valence-corrected chi connectivity index (χ0v) is 27.9. The zero-order valence-electron chi connectivity index (χ0n) is 27.1. The Hall–Kier alpha value is -3.23. The predicted octanol–water partition coefficient (Wildman–Crippen LogP) is 2.57. The summed E-state index contributed by atoms with van der Waals surface area (Å²) in [6.45, 7) is 10.0. The molecule has 12 nitrogen and oxygen atoms in total. The summed E-state index contributed by atoms with van der Waals surface area (Å²) < 4.78 is 44.9. The van der Waals surface area contributed by atoms with Crippen molar-refractivity contribution in [2.45, 2.75) is 64.5 Å². The fraction of sp³-hybridized carbons (Fsp3) is 0.562. The van der Waals surface area contributed by atoms with Crippen molar-refractivity contribution in [2.75, 3.05) is 46.7 Å². The summed E-state index contributed by atoms with van der Waals surface area (Å²) >= 11 is 0. The number of benzene rings is 2. The Morgan fingerprint density at radius 3 is 2.38 bits per heavy atom. The van der Waals surface area contributed by atoms with Crippen LogP contribution in [-0.4, -0.2) is 93.5 Å². The Bertz CT molecular complexity index is 1360. The number of aliphatic hydroxyl groups is 1. The number of ether oxygens (including phenoxy) is 3. The van der Waals surface area contributed by atoms with Crippen LogP contribution in [0.15, 0.2) is 53.4 Å². The Morgan fingerprint density at radius 1 is 1.04 bits per heavy atom. The van der Waals surface area contributed by atoms with E-state index in [2.05, 4.69) is 10.7 Å². The molecule has 0 saturated heterocycles. The fourth-order valence-electron chi connectivity index (χ4n) is 4.87. The molecule has 0 spiro atoms. The van der Waals surface area contributed by atoms with Gasteiger partial charge in [-0.25, -0.2) is 13.4 Å². The molecule has 1 aliphatic heterocycles. The molecule has 0 radical (unpaired) electrons. The third-order valence-electron chi connectivity index (χ3n) is 6.97. The highest BCUT2D eigenvalue weighted by Crippen LogP contribution is 2.35. The van der Waals surface area contributed by atoms with Gasteiger partial charge >= 0.3 is 0 Å². The molecule has 250 valence electrons. The lowest BCUT2D eigenvalue weighted by molar-refractivity contribution is -0.149. The number of hydrogen-bond donors (Lipinski definition) is 3. The lowest BCUT2D eigenvalue weighted by Crippen LogP contribution is -2.60. The van der Waals surface area contributed by atoms with Gasteiger partial charge in [-0.2, -0.15) is 4.31 Å². The molecule has 1 heterocycles. The minimum Gasteiger partial charge on any atom is -0.454 e. The SMILES string of the molecule is COCCNCC(=O)NN(C(=O)CC(C)(C)C)C(Cc1ccccc1)[C@H](O)CN(CC(C)C)S(=O)(=O)c1ccc2c(c1)OCO2. The van der Waals surface area contributed by atoms with Gasteiger partial charge in [-0.3, -0.25) is 15.0 Å². The van der Waals surface area contributed by atoms with Crippen molar-refractivity contribution in [3.8, 4) is 11.5 Å². The van der Waals surface area contributed by atoms with E-state index in [0.29, 0.717) is 24.7 Å². The van der Waals surface area contributed by atoms with Crippen LogP contribution in [0.2, 0.25) is 0 Å². The summed E-state index contributed by atoms with van der Waals surface area (Å²) in [4.78, 5) is 26.8. The summed E-state index contributed by atoms with van der Waals surface area (Å²) in [5.41, 5.74) is 3.09. The molecule has 2 amide bonds. The maximum absolute atomic E-state index is 14.0. The number of rotatable bonds is 16. The molecule has 0 aromatic heterocycles.